The number of nitrogens with one attached hydrogen (secondary N) is 1. The molecule has 0 aromatic carbocycles. The molecule has 0 bridgehead atoms. The van der Waals surface area contributed by atoms with Crippen LogP contribution >= 0.6 is 0 Å². The number of nitrogens with zero attached hydrogens (tertiary/aromatic N) is 2. The summed E-state index contributed by atoms with van der Waals surface area (Å²) in [4.78, 5) is 19.6. The molecule has 0 aliphatic rings. The van der Waals surface area contributed by atoms with Crippen LogP contribution in [0.3, 0.4) is 0 Å². The number of nitrogen functional groups attached to an aromatic ring is 1. The minimum Gasteiger partial charge on any atom is -0.382 e. The van der Waals surface area contributed by atoms with Crippen molar-refractivity contribution in [1.82, 2.24) is 15.3 Å². The molecule has 1 heterocycles. The highest BCUT2D eigenvalue weighted by atomic mass is 16.2. The summed E-state index contributed by atoms with van der Waals surface area (Å²) in [7, 11) is 0. The number of anilines is 1. The predicted octanol–water partition coefficient (Wildman–Crippen LogP) is 1.61. The highest BCUT2D eigenvalue weighted by Crippen LogP contribution is 2.08. The average Bonchev–Trinajstić information content (AvgIpc) is 2.26. The molecule has 1 aromatic rings. The summed E-state index contributed by atoms with van der Waals surface area (Å²) in [6.45, 7) is 6.30. The van der Waals surface area contributed by atoms with Crippen molar-refractivity contribution in [3.63, 3.8) is 0 Å². The van der Waals surface area contributed by atoms with E-state index < -0.39 is 0 Å². The number of amides is 1. The van der Waals surface area contributed by atoms with Crippen molar-refractivity contribution >= 4 is 11.7 Å². The fourth-order valence-electron chi connectivity index (χ4n) is 1.47. The summed E-state index contributed by atoms with van der Waals surface area (Å²) in [6.07, 6.45) is 4.96. The lowest BCUT2D eigenvalue weighted by molar-refractivity contribution is 0.0933. The first kappa shape index (κ1) is 13.4. The van der Waals surface area contributed by atoms with Crippen molar-refractivity contribution in [2.24, 2.45) is 5.92 Å². The zero-order valence-corrected chi connectivity index (χ0v) is 10.6. The van der Waals surface area contributed by atoms with E-state index in [-0.39, 0.29) is 23.5 Å². The Labute approximate surface area is 102 Å². The second kappa shape index (κ2) is 6.18. The molecule has 5 heteroatoms. The first-order valence-corrected chi connectivity index (χ1v) is 5.88. The minimum atomic E-state index is -0.258. The molecule has 0 aliphatic carbocycles. The van der Waals surface area contributed by atoms with Gasteiger partial charge >= 0.3 is 0 Å². The third kappa shape index (κ3) is 4.38. The van der Waals surface area contributed by atoms with Crippen molar-refractivity contribution in [2.75, 3.05) is 5.73 Å². The summed E-state index contributed by atoms with van der Waals surface area (Å²) >= 11 is 0. The second-order valence-electron chi connectivity index (χ2n) is 4.64. The summed E-state index contributed by atoms with van der Waals surface area (Å²) in [5.41, 5.74) is 5.78. The molecule has 0 aliphatic heterocycles. The van der Waals surface area contributed by atoms with Gasteiger partial charge < -0.3 is 11.1 Å². The average molecular weight is 236 g/mol. The number of carbonyl (C=O) groups is 1. The lowest BCUT2D eigenvalue weighted by atomic mass is 10.0. The molecule has 0 unspecified atom stereocenters. The zero-order valence-electron chi connectivity index (χ0n) is 10.6. The van der Waals surface area contributed by atoms with Crippen molar-refractivity contribution < 1.29 is 4.79 Å². The van der Waals surface area contributed by atoms with E-state index in [4.69, 9.17) is 5.73 Å². The van der Waals surface area contributed by atoms with E-state index in [1.54, 1.807) is 0 Å². The Balaban J connectivity index is 2.52. The molecular weight excluding hydrogens is 216 g/mol. The van der Waals surface area contributed by atoms with E-state index >= 15 is 0 Å². The van der Waals surface area contributed by atoms with Crippen molar-refractivity contribution in [3.05, 3.63) is 18.1 Å². The van der Waals surface area contributed by atoms with Crippen LogP contribution in [0.1, 0.15) is 44.1 Å². The SMILES string of the molecule is CC(C)CC[C@H](C)NC(=O)c1nccnc1N. The Morgan fingerprint density at radius 1 is 1.29 bits per heavy atom. The fraction of sp³-hybridized carbons (Fsp3) is 0.583. The largest absolute Gasteiger partial charge is 0.382 e. The number of aromatic nitrogens is 2. The van der Waals surface area contributed by atoms with Crippen LogP contribution in [0.2, 0.25) is 0 Å². The minimum absolute atomic E-state index is 0.117. The molecular formula is C12H20N4O. The van der Waals surface area contributed by atoms with Gasteiger partial charge in [0.2, 0.25) is 0 Å². The van der Waals surface area contributed by atoms with Crippen LogP contribution in [0.5, 0.6) is 0 Å². The van der Waals surface area contributed by atoms with Gasteiger partial charge in [0.1, 0.15) is 0 Å². The van der Waals surface area contributed by atoms with Gasteiger partial charge in [0.15, 0.2) is 11.5 Å². The monoisotopic (exact) mass is 236 g/mol. The highest BCUT2D eigenvalue weighted by Gasteiger charge is 2.14. The third-order valence-corrected chi connectivity index (χ3v) is 2.50. The number of rotatable bonds is 5. The maximum Gasteiger partial charge on any atom is 0.273 e. The van der Waals surface area contributed by atoms with Crippen LogP contribution in [0.4, 0.5) is 5.82 Å². The Morgan fingerprint density at radius 2 is 1.94 bits per heavy atom. The van der Waals surface area contributed by atoms with Gasteiger partial charge in [0.05, 0.1) is 0 Å². The van der Waals surface area contributed by atoms with E-state index in [2.05, 4.69) is 29.1 Å². The Kier molecular flexibility index (Phi) is 4.87. The van der Waals surface area contributed by atoms with Gasteiger partial charge in [-0.15, -0.1) is 0 Å². The van der Waals surface area contributed by atoms with Gasteiger partial charge in [-0.1, -0.05) is 13.8 Å². The van der Waals surface area contributed by atoms with Crippen LogP contribution in [0.15, 0.2) is 12.4 Å². The third-order valence-electron chi connectivity index (χ3n) is 2.50. The van der Waals surface area contributed by atoms with Crippen LogP contribution in [0, 0.1) is 5.92 Å². The lowest BCUT2D eigenvalue weighted by Gasteiger charge is -2.15. The molecule has 1 amide bonds. The number of nitrogens with two attached hydrogens (primary N) is 1. The molecule has 0 saturated carbocycles. The van der Waals surface area contributed by atoms with Gasteiger partial charge in [-0.3, -0.25) is 4.79 Å². The molecule has 3 N–H and O–H groups in total. The number of hydrogen-bond donors (Lipinski definition) is 2. The predicted molar refractivity (Wildman–Crippen MR) is 67.4 cm³/mol. The molecule has 1 atom stereocenters. The van der Waals surface area contributed by atoms with Gasteiger partial charge in [-0.05, 0) is 25.7 Å². The topological polar surface area (TPSA) is 80.9 Å². The van der Waals surface area contributed by atoms with Gasteiger partial charge in [-0.25, -0.2) is 9.97 Å². The van der Waals surface area contributed by atoms with E-state index in [0.29, 0.717) is 5.92 Å². The fourth-order valence-corrected chi connectivity index (χ4v) is 1.47. The summed E-state index contributed by atoms with van der Waals surface area (Å²) in [5, 5.41) is 2.87. The molecule has 0 spiro atoms. The van der Waals surface area contributed by atoms with E-state index in [1.807, 2.05) is 6.92 Å². The molecule has 1 rings (SSSR count). The lowest BCUT2D eigenvalue weighted by Crippen LogP contribution is -2.34. The second-order valence-corrected chi connectivity index (χ2v) is 4.64. The summed E-state index contributed by atoms with van der Waals surface area (Å²) < 4.78 is 0. The van der Waals surface area contributed by atoms with Gasteiger partial charge in [0, 0.05) is 18.4 Å². The van der Waals surface area contributed by atoms with Gasteiger partial charge in [0.25, 0.3) is 5.91 Å². The smallest absolute Gasteiger partial charge is 0.273 e. The Bertz CT molecular complexity index is 379. The maximum absolute atomic E-state index is 11.8. The molecule has 0 saturated heterocycles. The van der Waals surface area contributed by atoms with E-state index in [0.717, 1.165) is 12.8 Å². The molecule has 94 valence electrons. The van der Waals surface area contributed by atoms with Crippen molar-refractivity contribution in [2.45, 2.75) is 39.7 Å². The number of hydrogen-bond acceptors (Lipinski definition) is 4. The zero-order chi connectivity index (χ0) is 12.8. The first-order valence-electron chi connectivity index (χ1n) is 5.88. The van der Waals surface area contributed by atoms with Crippen molar-refractivity contribution in [1.29, 1.82) is 0 Å². The molecule has 1 aromatic heterocycles. The number of carbonyl (C=O) groups excluding carboxylic acids is 1. The van der Waals surface area contributed by atoms with Crippen LogP contribution < -0.4 is 11.1 Å². The van der Waals surface area contributed by atoms with Gasteiger partial charge in [-0.2, -0.15) is 0 Å². The van der Waals surface area contributed by atoms with Crippen LogP contribution in [-0.4, -0.2) is 21.9 Å². The van der Waals surface area contributed by atoms with E-state index in [9.17, 15) is 4.79 Å². The standard InChI is InChI=1S/C12H20N4O/c1-8(2)4-5-9(3)16-12(17)10-11(13)15-7-6-14-10/h6-9H,4-5H2,1-3H3,(H2,13,15)(H,16,17)/t9-/m0/s1. The first-order chi connectivity index (χ1) is 8.00. The maximum atomic E-state index is 11.8. The summed E-state index contributed by atoms with van der Waals surface area (Å²) in [5.74, 6) is 0.545. The normalized spacial score (nSPS) is 12.5. The van der Waals surface area contributed by atoms with Crippen LogP contribution in [-0.2, 0) is 0 Å². The highest BCUT2D eigenvalue weighted by molar-refractivity contribution is 5.96. The Hall–Kier alpha value is -1.65. The molecule has 5 nitrogen and oxygen atoms in total. The molecule has 0 radical (unpaired) electrons. The quantitative estimate of drug-likeness (QED) is 0.814. The molecule has 17 heavy (non-hydrogen) atoms. The summed E-state index contributed by atoms with van der Waals surface area (Å²) in [6, 6.07) is 0.117. The van der Waals surface area contributed by atoms with Crippen molar-refractivity contribution in [3.8, 4) is 0 Å². The van der Waals surface area contributed by atoms with Crippen LogP contribution in [0.25, 0.3) is 0 Å². The van der Waals surface area contributed by atoms with E-state index in [1.165, 1.54) is 12.4 Å². The Morgan fingerprint density at radius 3 is 2.53 bits per heavy atom. The molecule has 0 fully saturated rings.